The molecule has 0 heterocycles. The number of amides is 1. The zero-order chi connectivity index (χ0) is 14.4. The average molecular weight is 282 g/mol. The fraction of sp³-hybridized carbons (Fsp3) is 0.938. The summed E-state index contributed by atoms with van der Waals surface area (Å²) in [6.45, 7) is 3.10. The summed E-state index contributed by atoms with van der Waals surface area (Å²) in [6.07, 6.45) is 9.88. The van der Waals surface area contributed by atoms with Gasteiger partial charge in [0.2, 0.25) is 5.91 Å². The van der Waals surface area contributed by atoms with Crippen molar-refractivity contribution in [3.8, 4) is 0 Å². The van der Waals surface area contributed by atoms with E-state index in [9.17, 15) is 9.90 Å². The van der Waals surface area contributed by atoms with Crippen molar-refractivity contribution in [1.29, 1.82) is 0 Å². The Morgan fingerprint density at radius 1 is 1.20 bits per heavy atom. The number of aliphatic hydroxyl groups is 1. The first-order valence-corrected chi connectivity index (χ1v) is 8.34. The van der Waals surface area contributed by atoms with Crippen molar-refractivity contribution < 1.29 is 9.90 Å². The van der Waals surface area contributed by atoms with Crippen LogP contribution in [0.3, 0.4) is 0 Å². The first kappa shape index (κ1) is 15.8. The van der Waals surface area contributed by atoms with Gasteiger partial charge < -0.3 is 15.7 Å². The molecule has 0 saturated heterocycles. The van der Waals surface area contributed by atoms with Gasteiger partial charge in [0.15, 0.2) is 0 Å². The van der Waals surface area contributed by atoms with E-state index in [1.54, 1.807) is 0 Å². The second-order valence-corrected chi connectivity index (χ2v) is 6.73. The van der Waals surface area contributed by atoms with Gasteiger partial charge in [-0.2, -0.15) is 0 Å². The maximum atomic E-state index is 11.8. The molecule has 3 N–H and O–H groups in total. The zero-order valence-corrected chi connectivity index (χ0v) is 12.8. The van der Waals surface area contributed by atoms with E-state index in [0.717, 1.165) is 44.4 Å². The molecular weight excluding hydrogens is 252 g/mol. The number of carbonyl (C=O) groups is 1. The summed E-state index contributed by atoms with van der Waals surface area (Å²) in [6, 6.07) is 0.382. The standard InChI is InChI=1S/C16H30N2O2/c1-2-13-7-9-16(20,10-8-13)12-17-11-15(19)18-14-5-3-4-6-14/h13-14,17,20H,2-12H2,1H3,(H,18,19). The highest BCUT2D eigenvalue weighted by Crippen LogP contribution is 2.33. The summed E-state index contributed by atoms with van der Waals surface area (Å²) < 4.78 is 0. The minimum Gasteiger partial charge on any atom is -0.389 e. The van der Waals surface area contributed by atoms with Crippen molar-refractivity contribution in [2.45, 2.75) is 76.4 Å². The van der Waals surface area contributed by atoms with E-state index in [1.807, 2.05) is 0 Å². The van der Waals surface area contributed by atoms with E-state index in [4.69, 9.17) is 0 Å². The molecule has 0 aromatic heterocycles. The lowest BCUT2D eigenvalue weighted by atomic mass is 9.78. The van der Waals surface area contributed by atoms with E-state index >= 15 is 0 Å². The number of carbonyl (C=O) groups excluding carboxylic acids is 1. The quantitative estimate of drug-likeness (QED) is 0.698. The smallest absolute Gasteiger partial charge is 0.234 e. The third-order valence-electron chi connectivity index (χ3n) is 5.07. The van der Waals surface area contributed by atoms with Gasteiger partial charge in [-0.05, 0) is 44.4 Å². The maximum absolute atomic E-state index is 11.8. The molecule has 0 atom stereocenters. The topological polar surface area (TPSA) is 61.4 Å². The van der Waals surface area contributed by atoms with Crippen LogP contribution in [0, 0.1) is 5.92 Å². The first-order valence-electron chi connectivity index (χ1n) is 8.34. The van der Waals surface area contributed by atoms with Gasteiger partial charge in [0.25, 0.3) is 0 Å². The van der Waals surface area contributed by atoms with Gasteiger partial charge in [0.05, 0.1) is 12.1 Å². The summed E-state index contributed by atoms with van der Waals surface area (Å²) in [5.41, 5.74) is -0.598. The normalized spacial score (nSPS) is 31.4. The molecule has 0 aliphatic heterocycles. The van der Waals surface area contributed by atoms with Crippen molar-refractivity contribution >= 4 is 5.91 Å². The SMILES string of the molecule is CCC1CCC(O)(CNCC(=O)NC2CCCC2)CC1. The van der Waals surface area contributed by atoms with E-state index in [-0.39, 0.29) is 5.91 Å². The number of rotatable bonds is 6. The largest absolute Gasteiger partial charge is 0.389 e. The van der Waals surface area contributed by atoms with Gasteiger partial charge in [0.1, 0.15) is 0 Å². The maximum Gasteiger partial charge on any atom is 0.234 e. The van der Waals surface area contributed by atoms with Gasteiger partial charge in [-0.15, -0.1) is 0 Å². The fourth-order valence-electron chi connectivity index (χ4n) is 3.56. The van der Waals surface area contributed by atoms with Crippen LogP contribution in [0.2, 0.25) is 0 Å². The van der Waals surface area contributed by atoms with Crippen LogP contribution in [0.1, 0.15) is 64.7 Å². The predicted molar refractivity (Wildman–Crippen MR) is 80.5 cm³/mol. The van der Waals surface area contributed by atoms with Gasteiger partial charge in [-0.1, -0.05) is 26.2 Å². The summed E-state index contributed by atoms with van der Waals surface area (Å²) in [5, 5.41) is 16.7. The van der Waals surface area contributed by atoms with Crippen LogP contribution in [0.5, 0.6) is 0 Å². The molecule has 2 fully saturated rings. The summed E-state index contributed by atoms with van der Waals surface area (Å²) in [4.78, 5) is 11.8. The predicted octanol–water partition coefficient (Wildman–Crippen LogP) is 1.97. The lowest BCUT2D eigenvalue weighted by Gasteiger charge is -2.36. The molecular formula is C16H30N2O2. The number of hydrogen-bond donors (Lipinski definition) is 3. The van der Waals surface area contributed by atoms with E-state index in [0.29, 0.717) is 19.1 Å². The summed E-state index contributed by atoms with van der Waals surface area (Å²) in [7, 11) is 0. The molecule has 4 nitrogen and oxygen atoms in total. The van der Waals surface area contributed by atoms with Crippen LogP contribution < -0.4 is 10.6 Å². The van der Waals surface area contributed by atoms with Crippen LogP contribution in [-0.4, -0.2) is 35.7 Å². The molecule has 116 valence electrons. The first-order chi connectivity index (χ1) is 9.61. The Morgan fingerprint density at radius 2 is 1.85 bits per heavy atom. The highest BCUT2D eigenvalue weighted by Gasteiger charge is 2.32. The van der Waals surface area contributed by atoms with Crippen molar-refractivity contribution in [3.63, 3.8) is 0 Å². The van der Waals surface area contributed by atoms with Crippen molar-refractivity contribution in [3.05, 3.63) is 0 Å². The molecule has 0 aromatic carbocycles. The van der Waals surface area contributed by atoms with E-state index < -0.39 is 5.60 Å². The number of nitrogens with one attached hydrogen (secondary N) is 2. The van der Waals surface area contributed by atoms with Crippen molar-refractivity contribution in [1.82, 2.24) is 10.6 Å². The van der Waals surface area contributed by atoms with Crippen LogP contribution in [0.25, 0.3) is 0 Å². The van der Waals surface area contributed by atoms with Gasteiger partial charge >= 0.3 is 0 Å². The third-order valence-corrected chi connectivity index (χ3v) is 5.07. The Labute approximate surface area is 122 Å². The Bertz CT molecular complexity index is 306. The van der Waals surface area contributed by atoms with E-state index in [1.165, 1.54) is 19.3 Å². The second kappa shape index (κ2) is 7.41. The van der Waals surface area contributed by atoms with Gasteiger partial charge in [-0.3, -0.25) is 4.79 Å². The van der Waals surface area contributed by atoms with Crippen LogP contribution in [-0.2, 0) is 4.79 Å². The molecule has 0 spiro atoms. The average Bonchev–Trinajstić information content (AvgIpc) is 2.92. The molecule has 0 bridgehead atoms. The minimum atomic E-state index is -0.598. The Balaban J connectivity index is 1.61. The molecule has 2 aliphatic carbocycles. The molecule has 1 amide bonds. The van der Waals surface area contributed by atoms with Gasteiger partial charge in [0, 0.05) is 12.6 Å². The van der Waals surface area contributed by atoms with Crippen molar-refractivity contribution in [2.24, 2.45) is 5.92 Å². The second-order valence-electron chi connectivity index (χ2n) is 6.73. The van der Waals surface area contributed by atoms with Crippen LogP contribution in [0.15, 0.2) is 0 Å². The molecule has 0 aromatic rings. The fourth-order valence-corrected chi connectivity index (χ4v) is 3.56. The summed E-state index contributed by atoms with van der Waals surface area (Å²) in [5.74, 6) is 0.851. The zero-order valence-electron chi connectivity index (χ0n) is 12.8. The van der Waals surface area contributed by atoms with Crippen LogP contribution >= 0.6 is 0 Å². The monoisotopic (exact) mass is 282 g/mol. The molecule has 2 rings (SSSR count). The highest BCUT2D eigenvalue weighted by molar-refractivity contribution is 5.78. The van der Waals surface area contributed by atoms with Crippen LogP contribution in [0.4, 0.5) is 0 Å². The molecule has 2 aliphatic rings. The Hall–Kier alpha value is -0.610. The molecule has 0 radical (unpaired) electrons. The van der Waals surface area contributed by atoms with Crippen molar-refractivity contribution in [2.75, 3.05) is 13.1 Å². The summed E-state index contributed by atoms with van der Waals surface area (Å²) >= 11 is 0. The Kier molecular flexibility index (Phi) is 5.85. The highest BCUT2D eigenvalue weighted by atomic mass is 16.3. The molecule has 2 saturated carbocycles. The lowest BCUT2D eigenvalue weighted by Crippen LogP contribution is -2.47. The minimum absolute atomic E-state index is 0.0720. The molecule has 20 heavy (non-hydrogen) atoms. The molecule has 0 unspecified atom stereocenters. The lowest BCUT2D eigenvalue weighted by molar-refractivity contribution is -0.121. The Morgan fingerprint density at radius 3 is 2.45 bits per heavy atom. The third kappa shape index (κ3) is 4.74. The van der Waals surface area contributed by atoms with E-state index in [2.05, 4.69) is 17.6 Å². The molecule has 4 heteroatoms. The number of hydrogen-bond acceptors (Lipinski definition) is 3. The van der Waals surface area contributed by atoms with Gasteiger partial charge in [-0.25, -0.2) is 0 Å².